The molecule has 1 fully saturated rings. The Morgan fingerprint density at radius 2 is 1.47 bits per heavy atom. The molecule has 4 heterocycles. The van der Waals surface area contributed by atoms with Gasteiger partial charge in [0.1, 0.15) is 12.7 Å². The number of aromatic nitrogens is 6. The van der Waals surface area contributed by atoms with Gasteiger partial charge in [-0.1, -0.05) is 19.3 Å². The molecule has 4 aromatic heterocycles. The first-order chi connectivity index (χ1) is 15.7. The highest BCUT2D eigenvalue weighted by Gasteiger charge is 2.26. The van der Waals surface area contributed by atoms with Crippen LogP contribution in [0.5, 0.6) is 0 Å². The van der Waals surface area contributed by atoms with E-state index < -0.39 is 0 Å². The summed E-state index contributed by atoms with van der Waals surface area (Å²) in [6.07, 6.45) is 12.1. The minimum atomic E-state index is -0.193. The fourth-order valence-electron chi connectivity index (χ4n) is 4.35. The van der Waals surface area contributed by atoms with E-state index in [1.807, 2.05) is 0 Å². The molecule has 1 aliphatic rings. The number of amides is 2. The number of carbonyl (C=O) groups excluding carboxylic acids is 2. The van der Waals surface area contributed by atoms with Crippen LogP contribution in [0.3, 0.4) is 0 Å². The fourth-order valence-corrected chi connectivity index (χ4v) is 4.35. The minimum Gasteiger partial charge on any atom is -0.350 e. The molecule has 0 bridgehead atoms. The predicted octanol–water partition coefficient (Wildman–Crippen LogP) is 1.88. The van der Waals surface area contributed by atoms with Crippen molar-refractivity contribution < 1.29 is 9.59 Å². The first-order valence-electron chi connectivity index (χ1n) is 10.9. The average molecular weight is 432 g/mol. The highest BCUT2D eigenvalue weighted by atomic mass is 16.2. The van der Waals surface area contributed by atoms with Gasteiger partial charge in [-0.25, -0.2) is 0 Å². The Labute approximate surface area is 184 Å². The smallest absolute Gasteiger partial charge is 0.253 e. The maximum absolute atomic E-state index is 13.0. The van der Waals surface area contributed by atoms with Crippen molar-refractivity contribution in [2.75, 3.05) is 6.54 Å². The number of rotatable bonds is 6. The summed E-state index contributed by atoms with van der Waals surface area (Å²) in [7, 11) is 0. The monoisotopic (exact) mass is 432 g/mol. The lowest BCUT2D eigenvalue weighted by molar-refractivity contribution is 0.0882. The van der Waals surface area contributed by atoms with Crippen molar-refractivity contribution in [2.24, 2.45) is 5.92 Å². The molecule has 0 aliphatic heterocycles. The summed E-state index contributed by atoms with van der Waals surface area (Å²) in [6.45, 7) is 0.365. The zero-order valence-corrected chi connectivity index (χ0v) is 17.5. The molecule has 2 N–H and O–H groups in total. The minimum absolute atomic E-state index is 0.151. The van der Waals surface area contributed by atoms with Gasteiger partial charge in [0.25, 0.3) is 11.8 Å². The van der Waals surface area contributed by atoms with Crippen molar-refractivity contribution in [3.8, 4) is 0 Å². The van der Waals surface area contributed by atoms with Crippen LogP contribution in [0.4, 0.5) is 0 Å². The molecule has 1 unspecified atom stereocenters. The molecular weight excluding hydrogens is 408 g/mol. The first kappa shape index (κ1) is 20.1. The molecule has 1 aliphatic carbocycles. The van der Waals surface area contributed by atoms with Crippen LogP contribution in [0.2, 0.25) is 0 Å². The van der Waals surface area contributed by atoms with Crippen molar-refractivity contribution in [1.29, 1.82) is 0 Å². The van der Waals surface area contributed by atoms with E-state index in [0.717, 1.165) is 25.7 Å². The predicted molar refractivity (Wildman–Crippen MR) is 116 cm³/mol. The molecular formula is C22H24N8O2. The van der Waals surface area contributed by atoms with E-state index in [4.69, 9.17) is 0 Å². The number of carbonyl (C=O) groups is 2. The largest absolute Gasteiger partial charge is 0.350 e. The number of pyridine rings is 2. The highest BCUT2D eigenvalue weighted by Crippen LogP contribution is 2.26. The van der Waals surface area contributed by atoms with Gasteiger partial charge in [-0.15, -0.1) is 20.4 Å². The van der Waals surface area contributed by atoms with Crippen molar-refractivity contribution in [3.63, 3.8) is 0 Å². The Hall–Kier alpha value is -3.82. The fraction of sp³-hybridized carbons (Fsp3) is 0.364. The summed E-state index contributed by atoms with van der Waals surface area (Å²) in [5.74, 6) is -0.0372. The van der Waals surface area contributed by atoms with Crippen LogP contribution in [0.15, 0.2) is 49.3 Å². The summed E-state index contributed by atoms with van der Waals surface area (Å²) in [4.78, 5) is 25.8. The summed E-state index contributed by atoms with van der Waals surface area (Å²) in [5.41, 5.74) is 2.41. The van der Waals surface area contributed by atoms with Crippen LogP contribution < -0.4 is 10.6 Å². The summed E-state index contributed by atoms with van der Waals surface area (Å²) >= 11 is 0. The Balaban J connectivity index is 1.29. The molecule has 1 saturated carbocycles. The lowest BCUT2D eigenvalue weighted by atomic mass is 9.83. The van der Waals surface area contributed by atoms with Crippen LogP contribution in [0.25, 0.3) is 11.3 Å². The molecule has 164 valence electrons. The molecule has 0 radical (unpaired) electrons. The van der Waals surface area contributed by atoms with Gasteiger partial charge in [0, 0.05) is 25.0 Å². The van der Waals surface area contributed by atoms with Crippen molar-refractivity contribution in [1.82, 2.24) is 39.8 Å². The zero-order chi connectivity index (χ0) is 21.9. The van der Waals surface area contributed by atoms with Gasteiger partial charge in [0.2, 0.25) is 0 Å². The topological polar surface area (TPSA) is 119 Å². The number of hydrogen-bond acceptors (Lipinski definition) is 6. The normalized spacial score (nSPS) is 15.6. The molecule has 4 aromatic rings. The van der Waals surface area contributed by atoms with Gasteiger partial charge in [0.15, 0.2) is 11.3 Å². The third-order valence-corrected chi connectivity index (χ3v) is 6.12. The SMILES string of the molecule is O=C(NCC(NC(=O)c1ccc2nncn2c1)C1CCCCC1)c1ccc2nncn2c1. The first-order valence-corrected chi connectivity index (χ1v) is 10.9. The van der Waals surface area contributed by atoms with Crippen LogP contribution in [-0.2, 0) is 0 Å². The van der Waals surface area contributed by atoms with Crippen molar-refractivity contribution in [2.45, 2.75) is 38.1 Å². The summed E-state index contributed by atoms with van der Waals surface area (Å²) in [5, 5.41) is 21.8. The van der Waals surface area contributed by atoms with Crippen LogP contribution in [0, 0.1) is 5.92 Å². The number of fused-ring (bicyclic) bond motifs is 2. The standard InChI is InChI=1S/C22H24N8O2/c31-21(16-6-8-19-27-24-13-29(19)11-16)23-10-18(15-4-2-1-3-5-15)26-22(32)17-7-9-20-28-25-14-30(20)12-17/h6-9,11-15,18H,1-5,10H2,(H,23,31)(H,26,32). The van der Waals surface area contributed by atoms with Gasteiger partial charge >= 0.3 is 0 Å². The molecule has 0 saturated heterocycles. The third kappa shape index (κ3) is 4.16. The molecule has 2 amide bonds. The second-order valence-corrected chi connectivity index (χ2v) is 8.22. The Bertz CT molecular complexity index is 1260. The number of nitrogens with one attached hydrogen (secondary N) is 2. The van der Waals surface area contributed by atoms with E-state index in [9.17, 15) is 9.59 Å². The van der Waals surface area contributed by atoms with Crippen molar-refractivity contribution in [3.05, 3.63) is 60.4 Å². The molecule has 0 aromatic carbocycles. The summed E-state index contributed by atoms with van der Waals surface area (Å²) < 4.78 is 3.42. The lowest BCUT2D eigenvalue weighted by Gasteiger charge is -2.31. The molecule has 0 spiro atoms. The maximum Gasteiger partial charge on any atom is 0.253 e. The Kier molecular flexibility index (Phi) is 5.49. The van der Waals surface area contributed by atoms with E-state index in [1.54, 1.807) is 58.1 Å². The third-order valence-electron chi connectivity index (χ3n) is 6.12. The van der Waals surface area contributed by atoms with E-state index in [2.05, 4.69) is 31.0 Å². The Morgan fingerprint density at radius 3 is 2.09 bits per heavy atom. The van der Waals surface area contributed by atoms with E-state index in [-0.39, 0.29) is 17.9 Å². The van der Waals surface area contributed by atoms with Gasteiger partial charge in [0.05, 0.1) is 11.1 Å². The molecule has 32 heavy (non-hydrogen) atoms. The van der Waals surface area contributed by atoms with E-state index >= 15 is 0 Å². The number of hydrogen-bond donors (Lipinski definition) is 2. The molecule has 1 atom stereocenters. The summed E-state index contributed by atoms with van der Waals surface area (Å²) in [6, 6.07) is 6.83. The maximum atomic E-state index is 13.0. The van der Waals surface area contributed by atoms with Crippen LogP contribution in [0.1, 0.15) is 52.8 Å². The van der Waals surface area contributed by atoms with Crippen LogP contribution in [-0.4, -0.2) is 53.6 Å². The second kappa shape index (κ2) is 8.74. The Morgan fingerprint density at radius 1 is 0.875 bits per heavy atom. The molecule has 10 nitrogen and oxygen atoms in total. The van der Waals surface area contributed by atoms with Gasteiger partial charge in [-0.2, -0.15) is 0 Å². The van der Waals surface area contributed by atoms with Gasteiger partial charge in [-0.3, -0.25) is 18.4 Å². The average Bonchev–Trinajstić information content (AvgIpc) is 3.50. The van der Waals surface area contributed by atoms with Crippen LogP contribution >= 0.6 is 0 Å². The van der Waals surface area contributed by atoms with E-state index in [0.29, 0.717) is 34.9 Å². The molecule has 10 heteroatoms. The van der Waals surface area contributed by atoms with Crippen molar-refractivity contribution >= 4 is 23.1 Å². The quantitative estimate of drug-likeness (QED) is 0.480. The van der Waals surface area contributed by atoms with E-state index in [1.165, 1.54) is 6.42 Å². The number of nitrogens with zero attached hydrogens (tertiary/aromatic N) is 6. The molecule has 5 rings (SSSR count). The highest BCUT2D eigenvalue weighted by molar-refractivity contribution is 5.95. The van der Waals surface area contributed by atoms with Gasteiger partial charge < -0.3 is 10.6 Å². The van der Waals surface area contributed by atoms with Gasteiger partial charge in [-0.05, 0) is 43.0 Å². The zero-order valence-electron chi connectivity index (χ0n) is 17.5. The second-order valence-electron chi connectivity index (χ2n) is 8.22. The lowest BCUT2D eigenvalue weighted by Crippen LogP contribution is -2.48.